The van der Waals surface area contributed by atoms with Crippen molar-refractivity contribution in [1.82, 2.24) is 4.57 Å². The standard InChI is InChI=1S/C18H14F2N4OS/c1-11-12(8-15(10-22)24(11)2)7-13(9-21)17(25)23-14-3-5-16(6-4-14)26-18(19)20/h3-8,18H,1-2H3,(H,23,25)/b13-7+. The highest BCUT2D eigenvalue weighted by Crippen LogP contribution is 2.26. The van der Waals surface area contributed by atoms with Crippen molar-refractivity contribution in [2.24, 2.45) is 7.05 Å². The van der Waals surface area contributed by atoms with E-state index in [1.807, 2.05) is 12.1 Å². The quantitative estimate of drug-likeness (QED) is 0.487. The number of amides is 1. The fourth-order valence-electron chi connectivity index (χ4n) is 2.20. The van der Waals surface area contributed by atoms with E-state index in [2.05, 4.69) is 5.32 Å². The van der Waals surface area contributed by atoms with Gasteiger partial charge in [0.1, 0.15) is 23.4 Å². The molecule has 0 radical (unpaired) electrons. The molecule has 0 atom stereocenters. The van der Waals surface area contributed by atoms with Crippen LogP contribution in [-0.2, 0) is 11.8 Å². The number of carbonyl (C=O) groups excluding carboxylic acids is 1. The molecule has 0 bridgehead atoms. The van der Waals surface area contributed by atoms with Crippen LogP contribution in [0.5, 0.6) is 0 Å². The van der Waals surface area contributed by atoms with Crippen molar-refractivity contribution < 1.29 is 13.6 Å². The molecule has 0 spiro atoms. The van der Waals surface area contributed by atoms with Crippen LogP contribution in [0.3, 0.4) is 0 Å². The minimum Gasteiger partial charge on any atom is -0.339 e. The number of nitriles is 2. The van der Waals surface area contributed by atoms with Crippen LogP contribution in [0.15, 0.2) is 40.8 Å². The van der Waals surface area contributed by atoms with E-state index in [-0.39, 0.29) is 5.57 Å². The van der Waals surface area contributed by atoms with E-state index >= 15 is 0 Å². The Labute approximate surface area is 153 Å². The van der Waals surface area contributed by atoms with Crippen LogP contribution in [0.2, 0.25) is 0 Å². The number of anilines is 1. The third-order valence-corrected chi connectivity index (χ3v) is 4.41. The van der Waals surface area contributed by atoms with Gasteiger partial charge in [0.2, 0.25) is 0 Å². The maximum Gasteiger partial charge on any atom is 0.288 e. The van der Waals surface area contributed by atoms with Gasteiger partial charge in [0, 0.05) is 23.3 Å². The molecule has 1 aromatic heterocycles. The number of alkyl halides is 2. The predicted octanol–water partition coefficient (Wildman–Crippen LogP) is 4.07. The van der Waals surface area contributed by atoms with E-state index in [0.717, 1.165) is 5.69 Å². The summed E-state index contributed by atoms with van der Waals surface area (Å²) in [7, 11) is 1.72. The van der Waals surface area contributed by atoms with Crippen LogP contribution in [0.25, 0.3) is 6.08 Å². The molecule has 1 heterocycles. The number of nitrogens with one attached hydrogen (secondary N) is 1. The zero-order valence-corrected chi connectivity index (χ0v) is 14.8. The second-order valence-corrected chi connectivity index (χ2v) is 6.33. The summed E-state index contributed by atoms with van der Waals surface area (Å²) in [5.74, 6) is -3.14. The maximum absolute atomic E-state index is 12.3. The summed E-state index contributed by atoms with van der Waals surface area (Å²) in [5, 5.41) is 20.9. The minimum absolute atomic E-state index is 0.130. The van der Waals surface area contributed by atoms with E-state index in [1.54, 1.807) is 24.6 Å². The van der Waals surface area contributed by atoms with Crippen molar-refractivity contribution in [3.63, 3.8) is 0 Å². The van der Waals surface area contributed by atoms with E-state index in [4.69, 9.17) is 5.26 Å². The molecule has 0 aliphatic rings. The lowest BCUT2D eigenvalue weighted by Crippen LogP contribution is -2.13. The first-order valence-corrected chi connectivity index (χ1v) is 8.28. The highest BCUT2D eigenvalue weighted by Gasteiger charge is 2.13. The molecule has 0 fully saturated rings. The summed E-state index contributed by atoms with van der Waals surface area (Å²) >= 11 is 0.408. The second kappa shape index (κ2) is 8.32. The Morgan fingerprint density at radius 3 is 2.46 bits per heavy atom. The zero-order chi connectivity index (χ0) is 19.3. The van der Waals surface area contributed by atoms with Crippen LogP contribution in [0, 0.1) is 29.6 Å². The second-order valence-electron chi connectivity index (χ2n) is 5.27. The number of halogens is 2. The van der Waals surface area contributed by atoms with E-state index in [9.17, 15) is 18.8 Å². The number of nitrogens with zero attached hydrogens (tertiary/aromatic N) is 3. The van der Waals surface area contributed by atoms with Gasteiger partial charge >= 0.3 is 0 Å². The van der Waals surface area contributed by atoms with Crippen LogP contribution >= 0.6 is 11.8 Å². The summed E-state index contributed by atoms with van der Waals surface area (Å²) in [4.78, 5) is 12.7. The zero-order valence-electron chi connectivity index (χ0n) is 14.0. The molecule has 0 saturated carbocycles. The predicted molar refractivity (Wildman–Crippen MR) is 95.4 cm³/mol. The summed E-state index contributed by atoms with van der Waals surface area (Å²) in [6, 6.07) is 11.4. The van der Waals surface area contributed by atoms with Gasteiger partial charge in [0.25, 0.3) is 11.7 Å². The van der Waals surface area contributed by atoms with Gasteiger partial charge in [0.15, 0.2) is 0 Å². The van der Waals surface area contributed by atoms with Crippen molar-refractivity contribution in [2.75, 3.05) is 5.32 Å². The molecule has 132 valence electrons. The average Bonchev–Trinajstić information content (AvgIpc) is 2.88. The summed E-state index contributed by atoms with van der Waals surface area (Å²) in [5.41, 5.74) is 2.01. The molecule has 2 rings (SSSR count). The van der Waals surface area contributed by atoms with E-state index in [0.29, 0.717) is 33.6 Å². The van der Waals surface area contributed by atoms with Crippen molar-refractivity contribution >= 4 is 29.4 Å². The van der Waals surface area contributed by atoms with Gasteiger partial charge in [-0.3, -0.25) is 4.79 Å². The number of thioether (sulfide) groups is 1. The van der Waals surface area contributed by atoms with Crippen LogP contribution in [-0.4, -0.2) is 16.2 Å². The molecule has 0 unspecified atom stereocenters. The fourth-order valence-corrected chi connectivity index (χ4v) is 2.70. The van der Waals surface area contributed by atoms with Crippen LogP contribution in [0.1, 0.15) is 17.0 Å². The molecule has 1 aromatic carbocycles. The maximum atomic E-state index is 12.3. The lowest BCUT2D eigenvalue weighted by molar-refractivity contribution is -0.112. The Bertz CT molecular complexity index is 934. The highest BCUT2D eigenvalue weighted by molar-refractivity contribution is 7.99. The van der Waals surface area contributed by atoms with Crippen molar-refractivity contribution in [2.45, 2.75) is 17.6 Å². The van der Waals surface area contributed by atoms with Gasteiger partial charge in [-0.25, -0.2) is 0 Å². The third kappa shape index (κ3) is 4.50. The van der Waals surface area contributed by atoms with Gasteiger partial charge in [-0.1, -0.05) is 11.8 Å². The Morgan fingerprint density at radius 2 is 1.96 bits per heavy atom. The molecule has 0 aliphatic heterocycles. The van der Waals surface area contributed by atoms with Crippen molar-refractivity contribution in [1.29, 1.82) is 10.5 Å². The minimum atomic E-state index is -2.52. The monoisotopic (exact) mass is 372 g/mol. The first kappa shape index (κ1) is 19.2. The molecule has 2 aromatic rings. The van der Waals surface area contributed by atoms with Crippen LogP contribution < -0.4 is 5.32 Å². The molecular formula is C18H14F2N4OS. The largest absolute Gasteiger partial charge is 0.339 e. The molecule has 0 saturated heterocycles. The Balaban J connectivity index is 2.19. The van der Waals surface area contributed by atoms with Gasteiger partial charge < -0.3 is 9.88 Å². The first-order valence-electron chi connectivity index (χ1n) is 7.40. The number of hydrogen-bond acceptors (Lipinski definition) is 4. The van der Waals surface area contributed by atoms with E-state index < -0.39 is 11.7 Å². The van der Waals surface area contributed by atoms with Gasteiger partial charge in [0.05, 0.1) is 0 Å². The lowest BCUT2D eigenvalue weighted by atomic mass is 10.1. The van der Waals surface area contributed by atoms with E-state index in [1.165, 1.54) is 30.3 Å². The molecule has 8 heteroatoms. The normalized spacial score (nSPS) is 11.1. The van der Waals surface area contributed by atoms with Crippen LogP contribution in [0.4, 0.5) is 14.5 Å². The Morgan fingerprint density at radius 1 is 1.31 bits per heavy atom. The van der Waals surface area contributed by atoms with Crippen molar-refractivity contribution in [3.8, 4) is 12.1 Å². The third-order valence-electron chi connectivity index (χ3n) is 3.69. The number of aromatic nitrogens is 1. The highest BCUT2D eigenvalue weighted by atomic mass is 32.2. The van der Waals surface area contributed by atoms with Gasteiger partial charge in [-0.15, -0.1) is 0 Å². The summed E-state index contributed by atoms with van der Waals surface area (Å²) in [6.45, 7) is 1.78. The first-order chi connectivity index (χ1) is 12.3. The molecule has 5 nitrogen and oxygen atoms in total. The smallest absolute Gasteiger partial charge is 0.288 e. The number of hydrogen-bond donors (Lipinski definition) is 1. The number of carbonyl (C=O) groups is 1. The molecule has 1 N–H and O–H groups in total. The summed E-state index contributed by atoms with van der Waals surface area (Å²) < 4.78 is 26.3. The van der Waals surface area contributed by atoms with Gasteiger partial charge in [-0.05, 0) is 48.9 Å². The molecule has 0 aliphatic carbocycles. The Hall–Kier alpha value is -3.10. The fraction of sp³-hybridized carbons (Fsp3) is 0.167. The lowest BCUT2D eigenvalue weighted by Gasteiger charge is -2.06. The van der Waals surface area contributed by atoms with Gasteiger partial charge in [-0.2, -0.15) is 19.3 Å². The molecule has 1 amide bonds. The average molecular weight is 372 g/mol. The topological polar surface area (TPSA) is 81.6 Å². The summed E-state index contributed by atoms with van der Waals surface area (Å²) in [6.07, 6.45) is 1.41. The number of benzene rings is 1. The molecule has 26 heavy (non-hydrogen) atoms. The number of rotatable bonds is 5. The van der Waals surface area contributed by atoms with Crippen molar-refractivity contribution in [3.05, 3.63) is 52.9 Å². The SMILES string of the molecule is Cc1c(/C=C(\C#N)C(=O)Nc2ccc(SC(F)F)cc2)cc(C#N)n1C. The molecular weight excluding hydrogens is 358 g/mol. The Kier molecular flexibility index (Phi) is 6.16.